The Balaban J connectivity index is 2.03. The van der Waals surface area contributed by atoms with Crippen molar-refractivity contribution in [1.29, 1.82) is 0 Å². The van der Waals surface area contributed by atoms with E-state index in [1.54, 1.807) is 12.3 Å². The third kappa shape index (κ3) is 3.03. The molecule has 0 radical (unpaired) electrons. The molecular weight excluding hydrogens is 248 g/mol. The molecule has 0 saturated heterocycles. The van der Waals surface area contributed by atoms with Gasteiger partial charge in [0, 0.05) is 36.7 Å². The fraction of sp³-hybridized carbons (Fsp3) is 0.308. The first-order valence-corrected chi connectivity index (χ1v) is 6.12. The summed E-state index contributed by atoms with van der Waals surface area (Å²) in [6.07, 6.45) is 3.75. The van der Waals surface area contributed by atoms with Crippen LogP contribution in [0.4, 0.5) is 5.69 Å². The van der Waals surface area contributed by atoms with Crippen LogP contribution in [-0.2, 0) is 20.1 Å². The second-order valence-electron chi connectivity index (χ2n) is 4.48. The van der Waals surface area contributed by atoms with E-state index in [1.165, 1.54) is 0 Å². The van der Waals surface area contributed by atoms with Crippen molar-refractivity contribution in [1.82, 2.24) is 14.5 Å². The maximum Gasteiger partial charge on any atom is 0.122 e. The van der Waals surface area contributed by atoms with Gasteiger partial charge in [0.15, 0.2) is 0 Å². The van der Waals surface area contributed by atoms with Crippen LogP contribution in [0.25, 0.3) is 0 Å². The van der Waals surface area contributed by atoms with E-state index >= 15 is 0 Å². The predicted octanol–water partition coefficient (Wildman–Crippen LogP) is 2.29. The molecule has 0 aliphatic heterocycles. The zero-order chi connectivity index (χ0) is 13.1. The van der Waals surface area contributed by atoms with Crippen LogP contribution >= 0.6 is 11.6 Å². The number of nitrogens with zero attached hydrogens (tertiary/aromatic N) is 3. The molecule has 18 heavy (non-hydrogen) atoms. The summed E-state index contributed by atoms with van der Waals surface area (Å²) in [4.78, 5) is 6.47. The molecule has 2 aromatic rings. The summed E-state index contributed by atoms with van der Waals surface area (Å²) in [6, 6.07) is 5.62. The predicted molar refractivity (Wildman–Crippen MR) is 74.2 cm³/mol. The summed E-state index contributed by atoms with van der Waals surface area (Å²) in [5.74, 6) is 1.03. The Bertz CT molecular complexity index is 536. The van der Waals surface area contributed by atoms with Crippen molar-refractivity contribution in [3.63, 3.8) is 0 Å². The van der Waals surface area contributed by atoms with Crippen LogP contribution < -0.4 is 5.73 Å². The highest BCUT2D eigenvalue weighted by atomic mass is 35.5. The maximum atomic E-state index is 6.16. The lowest BCUT2D eigenvalue weighted by Gasteiger charge is -2.17. The SMILES string of the molecule is CN(Cc1ccc(N)cc1Cl)Cc1nccn1C. The molecule has 0 spiro atoms. The molecule has 0 bridgehead atoms. The molecular formula is C13H17ClN4. The monoisotopic (exact) mass is 264 g/mol. The van der Waals surface area contributed by atoms with Gasteiger partial charge in [0.2, 0.25) is 0 Å². The van der Waals surface area contributed by atoms with Gasteiger partial charge in [-0.1, -0.05) is 17.7 Å². The summed E-state index contributed by atoms with van der Waals surface area (Å²) >= 11 is 6.16. The van der Waals surface area contributed by atoms with Crippen molar-refractivity contribution in [3.05, 3.63) is 47.0 Å². The van der Waals surface area contributed by atoms with Gasteiger partial charge in [0.25, 0.3) is 0 Å². The molecule has 0 unspecified atom stereocenters. The molecule has 5 heteroatoms. The van der Waals surface area contributed by atoms with Crippen molar-refractivity contribution in [2.75, 3.05) is 12.8 Å². The van der Waals surface area contributed by atoms with Gasteiger partial charge in [0.1, 0.15) is 5.82 Å². The first-order valence-electron chi connectivity index (χ1n) is 5.75. The fourth-order valence-electron chi connectivity index (χ4n) is 1.83. The van der Waals surface area contributed by atoms with E-state index in [9.17, 15) is 0 Å². The lowest BCUT2D eigenvalue weighted by Crippen LogP contribution is -2.19. The minimum Gasteiger partial charge on any atom is -0.399 e. The summed E-state index contributed by atoms with van der Waals surface area (Å²) < 4.78 is 2.01. The topological polar surface area (TPSA) is 47.1 Å². The third-order valence-corrected chi connectivity index (χ3v) is 3.20. The Morgan fingerprint density at radius 3 is 2.78 bits per heavy atom. The minimum atomic E-state index is 0.690. The first kappa shape index (κ1) is 12.9. The van der Waals surface area contributed by atoms with E-state index in [1.807, 2.05) is 37.0 Å². The zero-order valence-corrected chi connectivity index (χ0v) is 11.4. The Hall–Kier alpha value is -1.52. The highest BCUT2D eigenvalue weighted by Gasteiger charge is 2.07. The number of imidazole rings is 1. The van der Waals surface area contributed by atoms with E-state index in [0.717, 1.165) is 24.5 Å². The largest absolute Gasteiger partial charge is 0.399 e. The molecule has 0 amide bonds. The van der Waals surface area contributed by atoms with Crippen LogP contribution in [0.1, 0.15) is 11.4 Å². The molecule has 96 valence electrons. The van der Waals surface area contributed by atoms with Gasteiger partial charge in [-0.25, -0.2) is 4.98 Å². The van der Waals surface area contributed by atoms with Crippen LogP contribution in [-0.4, -0.2) is 21.5 Å². The Labute approximate surface area is 112 Å². The minimum absolute atomic E-state index is 0.690. The normalized spacial score (nSPS) is 11.1. The quantitative estimate of drug-likeness (QED) is 0.862. The molecule has 1 aromatic carbocycles. The van der Waals surface area contributed by atoms with Crippen LogP contribution in [0.15, 0.2) is 30.6 Å². The second-order valence-corrected chi connectivity index (χ2v) is 4.88. The van der Waals surface area contributed by atoms with Gasteiger partial charge >= 0.3 is 0 Å². The van der Waals surface area contributed by atoms with Crippen molar-refractivity contribution in [2.45, 2.75) is 13.1 Å². The highest BCUT2D eigenvalue weighted by molar-refractivity contribution is 6.31. The van der Waals surface area contributed by atoms with Crippen molar-refractivity contribution in [3.8, 4) is 0 Å². The Morgan fingerprint density at radius 2 is 2.17 bits per heavy atom. The smallest absolute Gasteiger partial charge is 0.122 e. The molecule has 4 nitrogen and oxygen atoms in total. The molecule has 2 N–H and O–H groups in total. The fourth-order valence-corrected chi connectivity index (χ4v) is 2.08. The Kier molecular flexibility index (Phi) is 3.89. The Morgan fingerprint density at radius 1 is 1.39 bits per heavy atom. The van der Waals surface area contributed by atoms with Gasteiger partial charge in [-0.15, -0.1) is 0 Å². The highest BCUT2D eigenvalue weighted by Crippen LogP contribution is 2.20. The van der Waals surface area contributed by atoms with Crippen LogP contribution in [0.3, 0.4) is 0 Å². The molecule has 0 aliphatic rings. The van der Waals surface area contributed by atoms with E-state index < -0.39 is 0 Å². The van der Waals surface area contributed by atoms with E-state index in [-0.39, 0.29) is 0 Å². The van der Waals surface area contributed by atoms with Gasteiger partial charge in [0.05, 0.1) is 6.54 Å². The number of nitrogens with two attached hydrogens (primary N) is 1. The van der Waals surface area contributed by atoms with Gasteiger partial charge < -0.3 is 10.3 Å². The number of benzene rings is 1. The zero-order valence-electron chi connectivity index (χ0n) is 10.6. The van der Waals surface area contributed by atoms with Crippen molar-refractivity contribution in [2.24, 2.45) is 7.05 Å². The number of anilines is 1. The summed E-state index contributed by atoms with van der Waals surface area (Å²) in [5.41, 5.74) is 7.44. The van der Waals surface area contributed by atoms with Gasteiger partial charge in [-0.05, 0) is 24.7 Å². The number of halogens is 1. The number of hydrogen-bond donors (Lipinski definition) is 1. The molecule has 0 saturated carbocycles. The molecule has 2 rings (SSSR count). The second kappa shape index (κ2) is 5.42. The van der Waals surface area contributed by atoms with E-state index in [2.05, 4.69) is 9.88 Å². The van der Waals surface area contributed by atoms with E-state index in [4.69, 9.17) is 17.3 Å². The summed E-state index contributed by atoms with van der Waals surface area (Å²) in [7, 11) is 4.04. The van der Waals surface area contributed by atoms with Crippen molar-refractivity contribution < 1.29 is 0 Å². The molecule has 1 aromatic heterocycles. The number of nitrogen functional groups attached to an aromatic ring is 1. The molecule has 0 fully saturated rings. The lowest BCUT2D eigenvalue weighted by molar-refractivity contribution is 0.307. The molecule has 0 aliphatic carbocycles. The standard InChI is InChI=1S/C13H17ClN4/c1-17(9-13-16-5-6-18(13)2)8-10-3-4-11(15)7-12(10)14/h3-7H,8-9,15H2,1-2H3. The number of hydrogen-bond acceptors (Lipinski definition) is 3. The molecule has 1 heterocycles. The third-order valence-electron chi connectivity index (χ3n) is 2.85. The van der Waals surface area contributed by atoms with Crippen LogP contribution in [0.5, 0.6) is 0 Å². The summed E-state index contributed by atoms with van der Waals surface area (Å²) in [5, 5.41) is 0.710. The van der Waals surface area contributed by atoms with Gasteiger partial charge in [-0.3, -0.25) is 4.90 Å². The van der Waals surface area contributed by atoms with Crippen molar-refractivity contribution >= 4 is 17.3 Å². The number of rotatable bonds is 4. The first-order chi connectivity index (χ1) is 8.56. The molecule has 0 atom stereocenters. The average Bonchev–Trinajstić information content (AvgIpc) is 2.69. The van der Waals surface area contributed by atoms with Gasteiger partial charge in [-0.2, -0.15) is 0 Å². The average molecular weight is 265 g/mol. The van der Waals surface area contributed by atoms with E-state index in [0.29, 0.717) is 10.7 Å². The number of aromatic nitrogens is 2. The maximum absolute atomic E-state index is 6.16. The lowest BCUT2D eigenvalue weighted by atomic mass is 10.2. The van der Waals surface area contributed by atoms with Crippen LogP contribution in [0, 0.1) is 0 Å². The number of aryl methyl sites for hydroxylation is 1. The van der Waals surface area contributed by atoms with Crippen LogP contribution in [0.2, 0.25) is 5.02 Å². The summed E-state index contributed by atoms with van der Waals surface area (Å²) in [6.45, 7) is 1.55.